The zero-order chi connectivity index (χ0) is 18.5. The van der Waals surface area contributed by atoms with Gasteiger partial charge < -0.3 is 25.2 Å². The van der Waals surface area contributed by atoms with E-state index in [2.05, 4.69) is 15.8 Å². The molecule has 0 radical (unpaired) electrons. The minimum atomic E-state index is -0.460. The van der Waals surface area contributed by atoms with Gasteiger partial charge in [0.2, 0.25) is 5.91 Å². The Morgan fingerprint density at radius 2 is 2.23 bits per heavy atom. The van der Waals surface area contributed by atoms with Crippen LogP contribution in [0.4, 0.5) is 11.5 Å². The van der Waals surface area contributed by atoms with E-state index in [0.717, 1.165) is 12.8 Å². The predicted octanol–water partition coefficient (Wildman–Crippen LogP) is 1.63. The number of hydrogen-bond acceptors (Lipinski definition) is 6. The molecule has 1 aliphatic heterocycles. The average molecular weight is 358 g/mol. The van der Waals surface area contributed by atoms with Crippen LogP contribution in [0, 0.1) is 6.92 Å². The molecule has 1 fully saturated rings. The molecule has 0 spiro atoms. The fraction of sp³-hybridized carbons (Fsp3) is 0.389. The number of carbonyl (C=O) groups excluding carboxylic acids is 2. The van der Waals surface area contributed by atoms with E-state index in [9.17, 15) is 14.7 Å². The van der Waals surface area contributed by atoms with E-state index < -0.39 is 6.10 Å². The molecule has 26 heavy (non-hydrogen) atoms. The molecule has 0 unspecified atom stereocenters. The third kappa shape index (κ3) is 4.60. The van der Waals surface area contributed by atoms with Crippen LogP contribution in [-0.4, -0.2) is 52.7 Å². The van der Waals surface area contributed by atoms with Crippen LogP contribution in [0.5, 0.6) is 0 Å². The maximum absolute atomic E-state index is 12.6. The number of aryl methyl sites for hydroxylation is 1. The van der Waals surface area contributed by atoms with E-state index in [0.29, 0.717) is 35.9 Å². The summed E-state index contributed by atoms with van der Waals surface area (Å²) in [5.41, 5.74) is 1.19. The minimum Gasteiger partial charge on any atom is -0.391 e. The van der Waals surface area contributed by atoms with Gasteiger partial charge in [0.25, 0.3) is 5.91 Å². The van der Waals surface area contributed by atoms with Gasteiger partial charge in [-0.05, 0) is 38.0 Å². The number of anilines is 2. The number of benzene rings is 1. The van der Waals surface area contributed by atoms with Crippen molar-refractivity contribution in [2.45, 2.75) is 25.9 Å². The van der Waals surface area contributed by atoms with Crippen molar-refractivity contribution in [3.63, 3.8) is 0 Å². The molecular formula is C18H22N4O4. The number of aliphatic hydroxyl groups is 1. The van der Waals surface area contributed by atoms with Gasteiger partial charge in [0, 0.05) is 30.4 Å². The summed E-state index contributed by atoms with van der Waals surface area (Å²) < 4.78 is 4.89. The lowest BCUT2D eigenvalue weighted by molar-refractivity contribution is -0.114. The second kappa shape index (κ2) is 8.01. The molecule has 3 rings (SSSR count). The summed E-state index contributed by atoms with van der Waals surface area (Å²) in [6, 6.07) is 8.61. The van der Waals surface area contributed by atoms with E-state index >= 15 is 0 Å². The fourth-order valence-electron chi connectivity index (χ4n) is 2.88. The van der Waals surface area contributed by atoms with Gasteiger partial charge in [-0.3, -0.25) is 9.59 Å². The molecule has 8 nitrogen and oxygen atoms in total. The van der Waals surface area contributed by atoms with Crippen molar-refractivity contribution in [2.75, 3.05) is 30.3 Å². The maximum atomic E-state index is 12.6. The third-order valence-electron chi connectivity index (χ3n) is 4.14. The van der Waals surface area contributed by atoms with Crippen LogP contribution in [0.1, 0.15) is 29.0 Å². The lowest BCUT2D eigenvalue weighted by Gasteiger charge is -2.30. The van der Waals surface area contributed by atoms with E-state index in [1.807, 2.05) is 0 Å². The number of β-amino-alcohol motifs (C(OH)–C–C–N with tert-alkyl or cyclic N) is 1. The molecule has 1 aliphatic rings. The normalized spacial score (nSPS) is 17.0. The highest BCUT2D eigenvalue weighted by Crippen LogP contribution is 2.17. The molecule has 2 heterocycles. The van der Waals surface area contributed by atoms with Crippen molar-refractivity contribution >= 4 is 23.3 Å². The molecule has 0 aliphatic carbocycles. The fourth-order valence-corrected chi connectivity index (χ4v) is 2.88. The molecule has 8 heteroatoms. The van der Waals surface area contributed by atoms with E-state index in [-0.39, 0.29) is 18.4 Å². The Labute approximate surface area is 151 Å². The number of likely N-dealkylation sites (tertiary alicyclic amines) is 1. The van der Waals surface area contributed by atoms with Gasteiger partial charge in [0.15, 0.2) is 5.82 Å². The topological polar surface area (TPSA) is 108 Å². The average Bonchev–Trinajstić information content (AvgIpc) is 3.04. The first-order chi connectivity index (χ1) is 12.5. The summed E-state index contributed by atoms with van der Waals surface area (Å²) in [4.78, 5) is 26.2. The first kappa shape index (κ1) is 17.9. The third-order valence-corrected chi connectivity index (χ3v) is 4.14. The lowest BCUT2D eigenvalue weighted by atomic mass is 10.1. The Bertz CT molecular complexity index is 789. The predicted molar refractivity (Wildman–Crippen MR) is 95.9 cm³/mol. The molecule has 2 amide bonds. The Morgan fingerprint density at radius 3 is 2.96 bits per heavy atom. The number of aromatic nitrogens is 1. The number of hydrogen-bond donors (Lipinski definition) is 3. The molecule has 1 atom stereocenters. The van der Waals surface area contributed by atoms with Crippen molar-refractivity contribution in [1.82, 2.24) is 10.1 Å². The first-order valence-electron chi connectivity index (χ1n) is 8.56. The van der Waals surface area contributed by atoms with Gasteiger partial charge in [-0.2, -0.15) is 0 Å². The summed E-state index contributed by atoms with van der Waals surface area (Å²) in [7, 11) is 0. The van der Waals surface area contributed by atoms with Gasteiger partial charge in [0.05, 0.1) is 12.6 Å². The molecule has 2 aromatic rings. The molecule has 1 aromatic carbocycles. The van der Waals surface area contributed by atoms with E-state index in [1.54, 1.807) is 42.2 Å². The van der Waals surface area contributed by atoms with Crippen LogP contribution in [0.2, 0.25) is 0 Å². The summed E-state index contributed by atoms with van der Waals surface area (Å²) in [6.07, 6.45) is 1.07. The van der Waals surface area contributed by atoms with Crippen molar-refractivity contribution < 1.29 is 19.2 Å². The Kier molecular flexibility index (Phi) is 5.52. The first-order valence-corrected chi connectivity index (χ1v) is 8.56. The smallest absolute Gasteiger partial charge is 0.254 e. The molecule has 1 aromatic heterocycles. The van der Waals surface area contributed by atoms with E-state index in [1.165, 1.54) is 0 Å². The summed E-state index contributed by atoms with van der Waals surface area (Å²) in [5.74, 6) is 0.591. The molecule has 0 saturated carbocycles. The second-order valence-corrected chi connectivity index (χ2v) is 6.35. The van der Waals surface area contributed by atoms with Gasteiger partial charge in [-0.25, -0.2) is 0 Å². The Balaban J connectivity index is 1.56. The summed E-state index contributed by atoms with van der Waals surface area (Å²) in [5, 5.41) is 19.0. The van der Waals surface area contributed by atoms with Crippen LogP contribution in [0.3, 0.4) is 0 Å². The van der Waals surface area contributed by atoms with Gasteiger partial charge in [-0.1, -0.05) is 11.2 Å². The Morgan fingerprint density at radius 1 is 1.38 bits per heavy atom. The minimum absolute atomic E-state index is 0.0337. The largest absolute Gasteiger partial charge is 0.391 e. The Hall–Kier alpha value is -2.87. The number of amides is 2. The monoisotopic (exact) mass is 358 g/mol. The molecule has 1 saturated heterocycles. The zero-order valence-electron chi connectivity index (χ0n) is 14.6. The zero-order valence-corrected chi connectivity index (χ0v) is 14.6. The van der Waals surface area contributed by atoms with Crippen LogP contribution < -0.4 is 10.6 Å². The highest BCUT2D eigenvalue weighted by Gasteiger charge is 2.23. The van der Waals surface area contributed by atoms with Crippen molar-refractivity contribution in [2.24, 2.45) is 0 Å². The van der Waals surface area contributed by atoms with Crippen molar-refractivity contribution in [3.05, 3.63) is 41.7 Å². The van der Waals surface area contributed by atoms with Gasteiger partial charge in [0.1, 0.15) is 5.76 Å². The van der Waals surface area contributed by atoms with Crippen LogP contribution in [0.15, 0.2) is 34.9 Å². The number of nitrogens with one attached hydrogen (secondary N) is 2. The summed E-state index contributed by atoms with van der Waals surface area (Å²) in [6.45, 7) is 2.78. The van der Waals surface area contributed by atoms with Crippen LogP contribution in [-0.2, 0) is 4.79 Å². The number of carbonyl (C=O) groups is 2. The number of nitrogens with zero attached hydrogens (tertiary/aromatic N) is 2. The molecular weight excluding hydrogens is 336 g/mol. The molecule has 138 valence electrons. The second-order valence-electron chi connectivity index (χ2n) is 6.35. The van der Waals surface area contributed by atoms with E-state index in [4.69, 9.17) is 4.52 Å². The summed E-state index contributed by atoms with van der Waals surface area (Å²) >= 11 is 0. The maximum Gasteiger partial charge on any atom is 0.254 e. The van der Waals surface area contributed by atoms with Crippen molar-refractivity contribution in [1.29, 1.82) is 0 Å². The highest BCUT2D eigenvalue weighted by atomic mass is 16.5. The lowest BCUT2D eigenvalue weighted by Crippen LogP contribution is -2.42. The van der Waals surface area contributed by atoms with Crippen molar-refractivity contribution in [3.8, 4) is 0 Å². The standard InChI is InChI=1S/C18H22N4O4/c1-12-8-16(21-26-12)20-17(24)10-19-14-5-2-4-13(9-14)18(25)22-7-3-6-15(23)11-22/h2,4-5,8-9,15,19,23H,3,6-7,10-11H2,1H3,(H,20,21,24)/t15-/m0/s1. The van der Waals surface area contributed by atoms with Crippen LogP contribution in [0.25, 0.3) is 0 Å². The number of rotatable bonds is 5. The van der Waals surface area contributed by atoms with Crippen LogP contribution >= 0.6 is 0 Å². The quantitative estimate of drug-likeness (QED) is 0.750. The highest BCUT2D eigenvalue weighted by molar-refractivity contribution is 5.96. The number of aliphatic hydroxyl groups excluding tert-OH is 1. The molecule has 0 bridgehead atoms. The number of piperidine rings is 1. The van der Waals surface area contributed by atoms with Gasteiger partial charge >= 0.3 is 0 Å². The van der Waals surface area contributed by atoms with Gasteiger partial charge in [-0.15, -0.1) is 0 Å². The SMILES string of the molecule is Cc1cc(NC(=O)CNc2cccc(C(=O)N3CCC[C@H](O)C3)c2)no1. The molecule has 3 N–H and O–H groups in total.